The van der Waals surface area contributed by atoms with Crippen LogP contribution in [0.1, 0.15) is 66.3 Å². The lowest BCUT2D eigenvalue weighted by Gasteiger charge is -2.17. The first-order chi connectivity index (χ1) is 11.1. The molecule has 0 aliphatic heterocycles. The average Bonchev–Trinajstić information content (AvgIpc) is 3.30. The van der Waals surface area contributed by atoms with E-state index in [1.54, 1.807) is 6.20 Å². The van der Waals surface area contributed by atoms with Crippen molar-refractivity contribution in [3.63, 3.8) is 0 Å². The van der Waals surface area contributed by atoms with E-state index < -0.39 is 6.04 Å². The van der Waals surface area contributed by atoms with Crippen LogP contribution in [-0.4, -0.2) is 27.4 Å². The Balaban J connectivity index is 1.83. The number of aromatic nitrogens is 2. The van der Waals surface area contributed by atoms with Crippen LogP contribution in [0.4, 0.5) is 0 Å². The topological polar surface area (TPSA) is 67.2 Å². The van der Waals surface area contributed by atoms with Gasteiger partial charge >= 0.3 is 0 Å². The second kappa shape index (κ2) is 6.54. The largest absolute Gasteiger partial charge is 0.394 e. The molecule has 2 aromatic rings. The predicted octanol–water partition coefficient (Wildman–Crippen LogP) is 2.80. The van der Waals surface area contributed by atoms with Crippen molar-refractivity contribution in [2.75, 3.05) is 6.61 Å². The number of nitrogens with zero attached hydrogens (tertiary/aromatic N) is 2. The highest BCUT2D eigenvalue weighted by atomic mass is 16.3. The molecule has 2 N–H and O–H groups in total. The van der Waals surface area contributed by atoms with Gasteiger partial charge in [0.1, 0.15) is 0 Å². The Morgan fingerprint density at radius 3 is 2.61 bits per heavy atom. The molecule has 122 valence electrons. The second-order valence-corrected chi connectivity index (χ2v) is 6.38. The lowest BCUT2D eigenvalue weighted by molar-refractivity contribution is 0.0915. The van der Waals surface area contributed by atoms with Gasteiger partial charge in [-0.1, -0.05) is 30.3 Å². The smallest absolute Gasteiger partial charge is 0.255 e. The molecule has 1 aromatic carbocycles. The maximum Gasteiger partial charge on any atom is 0.255 e. The number of carbonyl (C=O) groups is 1. The van der Waals surface area contributed by atoms with Crippen LogP contribution in [0.15, 0.2) is 36.5 Å². The number of hydrogen-bond donors (Lipinski definition) is 2. The van der Waals surface area contributed by atoms with Gasteiger partial charge in [-0.3, -0.25) is 9.48 Å². The van der Waals surface area contributed by atoms with E-state index >= 15 is 0 Å². The first-order valence-corrected chi connectivity index (χ1v) is 8.16. The maximum absolute atomic E-state index is 12.7. The van der Waals surface area contributed by atoms with E-state index in [9.17, 15) is 9.90 Å². The van der Waals surface area contributed by atoms with Crippen molar-refractivity contribution < 1.29 is 9.90 Å². The lowest BCUT2D eigenvalue weighted by Crippen LogP contribution is -2.31. The number of benzene rings is 1. The minimum absolute atomic E-state index is 0.132. The minimum Gasteiger partial charge on any atom is -0.394 e. The van der Waals surface area contributed by atoms with E-state index in [0.717, 1.165) is 24.1 Å². The molecule has 23 heavy (non-hydrogen) atoms. The van der Waals surface area contributed by atoms with Crippen LogP contribution in [0.3, 0.4) is 0 Å². The summed E-state index contributed by atoms with van der Waals surface area (Å²) in [5.41, 5.74) is 2.56. The number of amides is 1. The minimum atomic E-state index is -0.404. The molecule has 1 atom stereocenters. The van der Waals surface area contributed by atoms with Gasteiger partial charge in [0.25, 0.3) is 5.91 Å². The number of rotatable bonds is 6. The van der Waals surface area contributed by atoms with E-state index in [4.69, 9.17) is 0 Å². The highest BCUT2D eigenvalue weighted by Gasteiger charge is 2.33. The number of hydrogen-bond acceptors (Lipinski definition) is 3. The highest BCUT2D eigenvalue weighted by molar-refractivity contribution is 5.95. The van der Waals surface area contributed by atoms with Gasteiger partial charge in [-0.15, -0.1) is 0 Å². The SMILES string of the molecule is CC(C)n1ncc(C(=O)N[C@H](CO)c2ccccc2)c1C1CC1. The van der Waals surface area contributed by atoms with Crippen LogP contribution < -0.4 is 5.32 Å². The van der Waals surface area contributed by atoms with Gasteiger partial charge in [-0.05, 0) is 32.3 Å². The summed E-state index contributed by atoms with van der Waals surface area (Å²) in [5.74, 6) is 0.270. The predicted molar refractivity (Wildman–Crippen MR) is 88.3 cm³/mol. The summed E-state index contributed by atoms with van der Waals surface area (Å²) in [6.45, 7) is 4.01. The fourth-order valence-corrected chi connectivity index (χ4v) is 2.88. The van der Waals surface area contributed by atoms with Crippen molar-refractivity contribution in [1.29, 1.82) is 0 Å². The third-order valence-electron chi connectivity index (χ3n) is 4.22. The average molecular weight is 313 g/mol. The monoisotopic (exact) mass is 313 g/mol. The van der Waals surface area contributed by atoms with Crippen molar-refractivity contribution in [3.8, 4) is 0 Å². The Hall–Kier alpha value is -2.14. The molecule has 5 nitrogen and oxygen atoms in total. The van der Waals surface area contributed by atoms with Crippen LogP contribution in [-0.2, 0) is 0 Å². The first kappa shape index (κ1) is 15.7. The van der Waals surface area contributed by atoms with Gasteiger partial charge < -0.3 is 10.4 Å². The lowest BCUT2D eigenvalue weighted by atomic mass is 10.1. The molecule has 1 heterocycles. The third-order valence-corrected chi connectivity index (χ3v) is 4.22. The Morgan fingerprint density at radius 1 is 1.35 bits per heavy atom. The molecule has 3 rings (SSSR count). The molecule has 1 aromatic heterocycles. The van der Waals surface area contributed by atoms with E-state index in [0.29, 0.717) is 11.5 Å². The third kappa shape index (κ3) is 3.29. The zero-order valence-corrected chi connectivity index (χ0v) is 13.6. The fraction of sp³-hybridized carbons (Fsp3) is 0.444. The zero-order valence-electron chi connectivity index (χ0n) is 13.6. The van der Waals surface area contributed by atoms with E-state index in [1.165, 1.54) is 0 Å². The Bertz CT molecular complexity index is 675. The molecule has 1 fully saturated rings. The fourth-order valence-electron chi connectivity index (χ4n) is 2.88. The van der Waals surface area contributed by atoms with Gasteiger partial charge in [0, 0.05) is 12.0 Å². The molecule has 1 saturated carbocycles. The van der Waals surface area contributed by atoms with Gasteiger partial charge in [0.15, 0.2) is 0 Å². The second-order valence-electron chi connectivity index (χ2n) is 6.38. The van der Waals surface area contributed by atoms with Crippen LogP contribution in [0, 0.1) is 0 Å². The Morgan fingerprint density at radius 2 is 2.04 bits per heavy atom. The van der Waals surface area contributed by atoms with Crippen LogP contribution in [0.2, 0.25) is 0 Å². The quantitative estimate of drug-likeness (QED) is 0.862. The zero-order chi connectivity index (χ0) is 16.4. The van der Waals surface area contributed by atoms with E-state index in [1.807, 2.05) is 35.0 Å². The maximum atomic E-state index is 12.7. The van der Waals surface area contributed by atoms with Crippen molar-refractivity contribution in [3.05, 3.63) is 53.3 Å². The van der Waals surface area contributed by atoms with Crippen molar-refractivity contribution in [1.82, 2.24) is 15.1 Å². The molecular weight excluding hydrogens is 290 g/mol. The summed E-state index contributed by atoms with van der Waals surface area (Å²) in [4.78, 5) is 12.7. The van der Waals surface area contributed by atoms with E-state index in [2.05, 4.69) is 24.3 Å². The van der Waals surface area contributed by atoms with Gasteiger partial charge in [-0.25, -0.2) is 0 Å². The number of carbonyl (C=O) groups excluding carboxylic acids is 1. The van der Waals surface area contributed by atoms with Crippen LogP contribution in [0.5, 0.6) is 0 Å². The number of aliphatic hydroxyl groups is 1. The van der Waals surface area contributed by atoms with Gasteiger partial charge in [-0.2, -0.15) is 5.10 Å². The van der Waals surface area contributed by atoms with E-state index in [-0.39, 0.29) is 18.6 Å². The normalized spacial score (nSPS) is 15.7. The van der Waals surface area contributed by atoms with Crippen molar-refractivity contribution in [2.45, 2.75) is 44.7 Å². The molecule has 5 heteroatoms. The molecule has 1 aliphatic rings. The Kier molecular flexibility index (Phi) is 4.48. The van der Waals surface area contributed by atoms with Gasteiger partial charge in [0.05, 0.1) is 30.1 Å². The summed E-state index contributed by atoms with van der Waals surface area (Å²) in [6.07, 6.45) is 3.88. The molecule has 0 unspecified atom stereocenters. The summed E-state index contributed by atoms with van der Waals surface area (Å²) in [5, 5.41) is 17.0. The molecule has 0 radical (unpaired) electrons. The summed E-state index contributed by atoms with van der Waals surface area (Å²) >= 11 is 0. The molecule has 1 aliphatic carbocycles. The molecule has 1 amide bonds. The first-order valence-electron chi connectivity index (χ1n) is 8.16. The van der Waals surface area contributed by atoms with Crippen LogP contribution in [0.25, 0.3) is 0 Å². The number of nitrogens with one attached hydrogen (secondary N) is 1. The molecule has 0 bridgehead atoms. The van der Waals surface area contributed by atoms with Crippen LogP contribution >= 0.6 is 0 Å². The standard InChI is InChI=1S/C18H23N3O2/c1-12(2)21-17(14-8-9-14)15(10-19-21)18(23)20-16(11-22)13-6-4-3-5-7-13/h3-7,10,12,14,16,22H,8-9,11H2,1-2H3,(H,20,23)/t16-/m1/s1. The highest BCUT2D eigenvalue weighted by Crippen LogP contribution is 2.42. The van der Waals surface area contributed by atoms with Crippen molar-refractivity contribution >= 4 is 5.91 Å². The molecule has 0 spiro atoms. The summed E-state index contributed by atoms with van der Waals surface area (Å²) in [6, 6.07) is 9.35. The summed E-state index contributed by atoms with van der Waals surface area (Å²) < 4.78 is 1.95. The number of aliphatic hydroxyl groups excluding tert-OH is 1. The molecular formula is C18H23N3O2. The summed E-state index contributed by atoms with van der Waals surface area (Å²) in [7, 11) is 0. The molecule has 0 saturated heterocycles. The Labute approximate surface area is 136 Å². The van der Waals surface area contributed by atoms with Crippen molar-refractivity contribution in [2.24, 2.45) is 0 Å². The van der Waals surface area contributed by atoms with Gasteiger partial charge in [0.2, 0.25) is 0 Å².